The predicted octanol–water partition coefficient (Wildman–Crippen LogP) is 0.738. The molecule has 3 fully saturated rings. The van der Waals surface area contributed by atoms with Gasteiger partial charge in [-0.05, 0) is 6.42 Å². The van der Waals surface area contributed by atoms with Crippen LogP contribution in [0, 0.1) is 0 Å². The molecule has 3 unspecified atom stereocenters. The minimum Gasteiger partial charge on any atom is -0.378 e. The average molecular weight is 214 g/mol. The fraction of sp³-hybridized carbons (Fsp3) is 1.00. The highest BCUT2D eigenvalue weighted by Gasteiger charge is 2.33. The summed E-state index contributed by atoms with van der Waals surface area (Å²) in [5.74, 6) is 0. The van der Waals surface area contributed by atoms with E-state index in [4.69, 9.17) is 18.9 Å². The van der Waals surface area contributed by atoms with Crippen molar-refractivity contribution < 1.29 is 18.9 Å². The molecular weight excluding hydrogens is 196 g/mol. The van der Waals surface area contributed by atoms with Gasteiger partial charge in [-0.2, -0.15) is 0 Å². The van der Waals surface area contributed by atoms with E-state index in [1.54, 1.807) is 0 Å². The number of ether oxygens (including phenoxy) is 4. The van der Waals surface area contributed by atoms with Gasteiger partial charge in [-0.15, -0.1) is 0 Å². The van der Waals surface area contributed by atoms with Crippen LogP contribution in [0.15, 0.2) is 0 Å². The van der Waals surface area contributed by atoms with Gasteiger partial charge in [-0.1, -0.05) is 0 Å². The number of hydrogen-bond acceptors (Lipinski definition) is 4. The molecule has 0 aromatic rings. The van der Waals surface area contributed by atoms with E-state index in [0.717, 1.165) is 45.7 Å². The van der Waals surface area contributed by atoms with Gasteiger partial charge in [0, 0.05) is 19.4 Å². The largest absolute Gasteiger partial charge is 0.378 e. The van der Waals surface area contributed by atoms with Gasteiger partial charge in [-0.3, -0.25) is 0 Å². The molecule has 4 heteroatoms. The van der Waals surface area contributed by atoms with E-state index in [9.17, 15) is 0 Å². The normalized spacial score (nSPS) is 38.8. The molecule has 4 nitrogen and oxygen atoms in total. The van der Waals surface area contributed by atoms with E-state index in [0.29, 0.717) is 24.4 Å². The lowest BCUT2D eigenvalue weighted by atomic mass is 10.1. The lowest BCUT2D eigenvalue weighted by Gasteiger charge is -2.15. The smallest absolute Gasteiger partial charge is 0.0834 e. The maximum absolute atomic E-state index is 5.85. The molecule has 3 heterocycles. The summed E-state index contributed by atoms with van der Waals surface area (Å²) in [6.07, 6.45) is 4.80. The molecule has 0 radical (unpaired) electrons. The van der Waals surface area contributed by atoms with Crippen molar-refractivity contribution in [3.05, 3.63) is 0 Å². The quantitative estimate of drug-likeness (QED) is 0.559. The molecule has 3 saturated heterocycles. The summed E-state index contributed by atoms with van der Waals surface area (Å²) in [6, 6.07) is 0. The molecule has 0 bridgehead atoms. The second kappa shape index (κ2) is 4.37. The van der Waals surface area contributed by atoms with Gasteiger partial charge in [0.15, 0.2) is 0 Å². The molecule has 3 aliphatic heterocycles. The molecule has 15 heavy (non-hydrogen) atoms. The molecule has 3 atom stereocenters. The van der Waals surface area contributed by atoms with Crippen molar-refractivity contribution in [2.24, 2.45) is 0 Å². The minimum absolute atomic E-state index is 0.323. The third-order valence-electron chi connectivity index (χ3n) is 3.05. The van der Waals surface area contributed by atoms with E-state index in [2.05, 4.69) is 0 Å². The van der Waals surface area contributed by atoms with Gasteiger partial charge >= 0.3 is 0 Å². The van der Waals surface area contributed by atoms with Crippen LogP contribution < -0.4 is 0 Å². The number of hydrogen-bond donors (Lipinski definition) is 0. The Morgan fingerprint density at radius 1 is 0.933 bits per heavy atom. The Labute approximate surface area is 89.8 Å². The van der Waals surface area contributed by atoms with Crippen LogP contribution in [0.25, 0.3) is 0 Å². The van der Waals surface area contributed by atoms with Crippen molar-refractivity contribution in [1.82, 2.24) is 0 Å². The van der Waals surface area contributed by atoms with Gasteiger partial charge in [0.1, 0.15) is 0 Å². The molecule has 0 aromatic carbocycles. The summed E-state index contributed by atoms with van der Waals surface area (Å²) in [7, 11) is 0. The number of rotatable bonds is 8. The topological polar surface area (TPSA) is 46.8 Å². The predicted molar refractivity (Wildman–Crippen MR) is 52.8 cm³/mol. The maximum Gasteiger partial charge on any atom is 0.0834 e. The van der Waals surface area contributed by atoms with E-state index in [1.165, 1.54) is 0 Å². The Morgan fingerprint density at radius 2 is 1.47 bits per heavy atom. The first kappa shape index (κ1) is 10.0. The zero-order chi connectivity index (χ0) is 10.1. The van der Waals surface area contributed by atoms with Gasteiger partial charge in [0.25, 0.3) is 0 Å². The van der Waals surface area contributed by atoms with E-state index >= 15 is 0 Å². The van der Waals surface area contributed by atoms with Crippen LogP contribution in [0.1, 0.15) is 19.3 Å². The Bertz CT molecular complexity index is 195. The van der Waals surface area contributed by atoms with Crippen LogP contribution >= 0.6 is 0 Å². The first-order chi connectivity index (χ1) is 7.40. The molecule has 0 aliphatic carbocycles. The molecule has 0 amide bonds. The van der Waals surface area contributed by atoms with Crippen molar-refractivity contribution in [1.29, 1.82) is 0 Å². The van der Waals surface area contributed by atoms with Crippen LogP contribution in [-0.4, -0.2) is 50.8 Å². The fourth-order valence-corrected chi connectivity index (χ4v) is 1.83. The summed E-state index contributed by atoms with van der Waals surface area (Å²) >= 11 is 0. The van der Waals surface area contributed by atoms with Crippen molar-refractivity contribution >= 4 is 0 Å². The molecule has 0 aromatic heterocycles. The summed E-state index contributed by atoms with van der Waals surface area (Å²) < 4.78 is 21.5. The standard InChI is InChI=1S/C11H18O4/c1(8-5-13-8)2-12-9(3-10-6-14-10)4-11-7-15-11/h8-11H,1-7H2. The van der Waals surface area contributed by atoms with Gasteiger partial charge in [0.2, 0.25) is 0 Å². The van der Waals surface area contributed by atoms with Crippen LogP contribution in [-0.2, 0) is 18.9 Å². The fourth-order valence-electron chi connectivity index (χ4n) is 1.83. The molecule has 0 N–H and O–H groups in total. The SMILES string of the molecule is C(CC1CO1)OC(CC1CO1)CC1CO1. The molecule has 0 spiro atoms. The van der Waals surface area contributed by atoms with E-state index in [1.807, 2.05) is 0 Å². The Balaban J connectivity index is 1.34. The molecule has 3 aliphatic rings. The lowest BCUT2D eigenvalue weighted by Crippen LogP contribution is -2.19. The summed E-state index contributed by atoms with van der Waals surface area (Å²) in [5, 5.41) is 0. The number of epoxide rings is 3. The second-order valence-corrected chi connectivity index (χ2v) is 4.62. The summed E-state index contributed by atoms with van der Waals surface area (Å²) in [6.45, 7) is 3.56. The molecular formula is C11H18O4. The lowest BCUT2D eigenvalue weighted by molar-refractivity contribution is 0.0279. The third kappa shape index (κ3) is 3.72. The molecule has 3 rings (SSSR count). The zero-order valence-electron chi connectivity index (χ0n) is 8.89. The summed E-state index contributed by atoms with van der Waals surface area (Å²) in [4.78, 5) is 0. The Kier molecular flexibility index (Phi) is 2.92. The van der Waals surface area contributed by atoms with Crippen LogP contribution in [0.4, 0.5) is 0 Å². The molecule has 0 saturated carbocycles. The van der Waals surface area contributed by atoms with Crippen molar-refractivity contribution in [3.8, 4) is 0 Å². The van der Waals surface area contributed by atoms with E-state index < -0.39 is 0 Å². The van der Waals surface area contributed by atoms with Gasteiger partial charge < -0.3 is 18.9 Å². The van der Waals surface area contributed by atoms with Crippen LogP contribution in [0.2, 0.25) is 0 Å². The Morgan fingerprint density at radius 3 is 1.93 bits per heavy atom. The average Bonchev–Trinajstić information content (AvgIpc) is 3.06. The van der Waals surface area contributed by atoms with Crippen molar-refractivity contribution in [2.45, 2.75) is 43.7 Å². The van der Waals surface area contributed by atoms with Crippen molar-refractivity contribution in [2.75, 3.05) is 26.4 Å². The second-order valence-electron chi connectivity index (χ2n) is 4.62. The zero-order valence-corrected chi connectivity index (χ0v) is 8.89. The van der Waals surface area contributed by atoms with E-state index in [-0.39, 0.29) is 0 Å². The van der Waals surface area contributed by atoms with Gasteiger partial charge in [-0.25, -0.2) is 0 Å². The van der Waals surface area contributed by atoms with Crippen LogP contribution in [0.5, 0.6) is 0 Å². The van der Waals surface area contributed by atoms with Crippen LogP contribution in [0.3, 0.4) is 0 Å². The highest BCUT2D eigenvalue weighted by atomic mass is 16.6. The monoisotopic (exact) mass is 214 g/mol. The third-order valence-corrected chi connectivity index (χ3v) is 3.05. The summed E-state index contributed by atoms with van der Waals surface area (Å²) in [5.41, 5.74) is 0. The van der Waals surface area contributed by atoms with Crippen molar-refractivity contribution in [3.63, 3.8) is 0 Å². The maximum atomic E-state index is 5.85. The first-order valence-corrected chi connectivity index (χ1v) is 5.86. The minimum atomic E-state index is 0.323. The Hall–Kier alpha value is -0.160. The highest BCUT2D eigenvalue weighted by molar-refractivity contribution is 4.80. The first-order valence-electron chi connectivity index (χ1n) is 5.86. The van der Waals surface area contributed by atoms with Gasteiger partial charge in [0.05, 0.1) is 44.2 Å². The molecule has 86 valence electrons. The highest BCUT2D eigenvalue weighted by Crippen LogP contribution is 2.25.